The third kappa shape index (κ3) is 3.06. The number of hydrazine groups is 1. The molecule has 0 aliphatic heterocycles. The minimum Gasteiger partial charge on any atom is -0.308 e. The SMILES string of the molecule is CCCc1cc(NN)nc(-c2ncccc2CC)n1. The zero-order chi connectivity index (χ0) is 13.7. The van der Waals surface area contributed by atoms with Crippen molar-refractivity contribution in [3.05, 3.63) is 35.7 Å². The number of pyridine rings is 1. The Morgan fingerprint density at radius 3 is 2.79 bits per heavy atom. The van der Waals surface area contributed by atoms with E-state index in [1.807, 2.05) is 18.2 Å². The van der Waals surface area contributed by atoms with Gasteiger partial charge in [-0.05, 0) is 24.5 Å². The normalized spacial score (nSPS) is 10.5. The van der Waals surface area contributed by atoms with E-state index in [4.69, 9.17) is 5.84 Å². The summed E-state index contributed by atoms with van der Waals surface area (Å²) in [5.74, 6) is 6.73. The van der Waals surface area contributed by atoms with Crippen LogP contribution in [0.3, 0.4) is 0 Å². The summed E-state index contributed by atoms with van der Waals surface area (Å²) in [4.78, 5) is 13.4. The third-order valence-corrected chi connectivity index (χ3v) is 2.92. The highest BCUT2D eigenvalue weighted by atomic mass is 15.3. The Bertz CT molecular complexity index is 553. The van der Waals surface area contributed by atoms with Gasteiger partial charge in [-0.15, -0.1) is 0 Å². The maximum absolute atomic E-state index is 5.47. The standard InChI is InChI=1S/C14H19N5/c1-3-6-11-9-12(19-15)18-14(17-11)13-10(4-2)7-5-8-16-13/h5,7-9H,3-4,6,15H2,1-2H3,(H,17,18,19). The summed E-state index contributed by atoms with van der Waals surface area (Å²) in [7, 11) is 0. The van der Waals surface area contributed by atoms with Gasteiger partial charge in [-0.2, -0.15) is 0 Å². The highest BCUT2D eigenvalue weighted by molar-refractivity contribution is 5.57. The monoisotopic (exact) mass is 257 g/mol. The van der Waals surface area contributed by atoms with E-state index in [-0.39, 0.29) is 0 Å². The molecule has 19 heavy (non-hydrogen) atoms. The molecular weight excluding hydrogens is 238 g/mol. The van der Waals surface area contributed by atoms with Crippen molar-refractivity contribution in [1.82, 2.24) is 15.0 Å². The lowest BCUT2D eigenvalue weighted by Gasteiger charge is -2.09. The number of aryl methyl sites for hydroxylation is 2. The van der Waals surface area contributed by atoms with Crippen LogP contribution in [0, 0.1) is 0 Å². The quantitative estimate of drug-likeness (QED) is 0.635. The second-order valence-corrected chi connectivity index (χ2v) is 4.33. The van der Waals surface area contributed by atoms with Gasteiger partial charge in [-0.25, -0.2) is 15.8 Å². The van der Waals surface area contributed by atoms with Gasteiger partial charge in [0.25, 0.3) is 0 Å². The van der Waals surface area contributed by atoms with Crippen molar-refractivity contribution in [2.45, 2.75) is 33.1 Å². The van der Waals surface area contributed by atoms with Gasteiger partial charge in [0, 0.05) is 18.0 Å². The zero-order valence-electron chi connectivity index (χ0n) is 11.3. The Morgan fingerprint density at radius 2 is 2.11 bits per heavy atom. The summed E-state index contributed by atoms with van der Waals surface area (Å²) < 4.78 is 0. The molecular formula is C14H19N5. The largest absolute Gasteiger partial charge is 0.308 e. The van der Waals surface area contributed by atoms with Crippen molar-refractivity contribution in [3.8, 4) is 11.5 Å². The van der Waals surface area contributed by atoms with Crippen molar-refractivity contribution < 1.29 is 0 Å². The molecule has 0 atom stereocenters. The molecule has 2 aromatic heterocycles. The van der Waals surface area contributed by atoms with Crippen LogP contribution in [-0.2, 0) is 12.8 Å². The van der Waals surface area contributed by atoms with E-state index in [1.165, 1.54) is 0 Å². The molecule has 5 nitrogen and oxygen atoms in total. The molecule has 0 saturated carbocycles. The van der Waals surface area contributed by atoms with E-state index < -0.39 is 0 Å². The molecule has 2 heterocycles. The second-order valence-electron chi connectivity index (χ2n) is 4.33. The van der Waals surface area contributed by atoms with E-state index in [9.17, 15) is 0 Å². The summed E-state index contributed by atoms with van der Waals surface area (Å²) in [6.07, 6.45) is 4.59. The number of nitrogens with one attached hydrogen (secondary N) is 1. The van der Waals surface area contributed by atoms with Crippen LogP contribution in [0.1, 0.15) is 31.5 Å². The van der Waals surface area contributed by atoms with Crippen LogP contribution in [0.15, 0.2) is 24.4 Å². The first-order valence-corrected chi connectivity index (χ1v) is 6.57. The third-order valence-electron chi connectivity index (χ3n) is 2.92. The first-order valence-electron chi connectivity index (χ1n) is 6.57. The van der Waals surface area contributed by atoms with E-state index in [0.29, 0.717) is 11.6 Å². The fourth-order valence-electron chi connectivity index (χ4n) is 1.99. The highest BCUT2D eigenvalue weighted by Gasteiger charge is 2.10. The van der Waals surface area contributed by atoms with Crippen molar-refractivity contribution in [2.24, 2.45) is 5.84 Å². The summed E-state index contributed by atoms with van der Waals surface area (Å²) >= 11 is 0. The lowest BCUT2D eigenvalue weighted by molar-refractivity contribution is 0.872. The lowest BCUT2D eigenvalue weighted by Crippen LogP contribution is -2.11. The summed E-state index contributed by atoms with van der Waals surface area (Å²) in [6.45, 7) is 4.22. The number of hydrogen-bond acceptors (Lipinski definition) is 5. The van der Waals surface area contributed by atoms with Crippen LogP contribution in [0.2, 0.25) is 0 Å². The second kappa shape index (κ2) is 6.24. The Hall–Kier alpha value is -2.01. The Balaban J connectivity index is 2.51. The number of nitrogens with two attached hydrogens (primary N) is 1. The fraction of sp³-hybridized carbons (Fsp3) is 0.357. The lowest BCUT2D eigenvalue weighted by atomic mass is 10.1. The van der Waals surface area contributed by atoms with E-state index in [1.54, 1.807) is 6.20 Å². The average molecular weight is 257 g/mol. The van der Waals surface area contributed by atoms with Gasteiger partial charge < -0.3 is 5.43 Å². The molecule has 0 aliphatic rings. The fourth-order valence-corrected chi connectivity index (χ4v) is 1.99. The van der Waals surface area contributed by atoms with E-state index in [0.717, 1.165) is 36.2 Å². The van der Waals surface area contributed by atoms with Crippen LogP contribution in [0.25, 0.3) is 11.5 Å². The van der Waals surface area contributed by atoms with Gasteiger partial charge in [0.1, 0.15) is 11.5 Å². The maximum atomic E-state index is 5.47. The molecule has 2 aromatic rings. The van der Waals surface area contributed by atoms with Crippen LogP contribution < -0.4 is 11.3 Å². The molecule has 0 bridgehead atoms. The minimum atomic E-state index is 0.626. The van der Waals surface area contributed by atoms with Gasteiger partial charge in [0.15, 0.2) is 5.82 Å². The Labute approximate surface area is 113 Å². The zero-order valence-corrected chi connectivity index (χ0v) is 11.3. The first kappa shape index (κ1) is 13.4. The Morgan fingerprint density at radius 1 is 1.26 bits per heavy atom. The molecule has 0 fully saturated rings. The van der Waals surface area contributed by atoms with Gasteiger partial charge in [-0.1, -0.05) is 26.3 Å². The van der Waals surface area contributed by atoms with Crippen LogP contribution in [0.5, 0.6) is 0 Å². The smallest absolute Gasteiger partial charge is 0.180 e. The van der Waals surface area contributed by atoms with Crippen LogP contribution in [0.4, 0.5) is 5.82 Å². The predicted molar refractivity (Wildman–Crippen MR) is 76.4 cm³/mol. The number of hydrogen-bond donors (Lipinski definition) is 2. The summed E-state index contributed by atoms with van der Waals surface area (Å²) in [5, 5.41) is 0. The molecule has 3 N–H and O–H groups in total. The highest BCUT2D eigenvalue weighted by Crippen LogP contribution is 2.20. The minimum absolute atomic E-state index is 0.626. The van der Waals surface area contributed by atoms with Crippen LogP contribution in [-0.4, -0.2) is 15.0 Å². The first-order chi connectivity index (χ1) is 9.28. The molecule has 0 aromatic carbocycles. The van der Waals surface area contributed by atoms with Crippen molar-refractivity contribution in [2.75, 3.05) is 5.43 Å². The maximum Gasteiger partial charge on any atom is 0.180 e. The molecule has 2 rings (SSSR count). The van der Waals surface area contributed by atoms with Crippen molar-refractivity contribution >= 4 is 5.82 Å². The van der Waals surface area contributed by atoms with Gasteiger partial charge >= 0.3 is 0 Å². The van der Waals surface area contributed by atoms with Gasteiger partial charge in [-0.3, -0.25) is 4.98 Å². The van der Waals surface area contributed by atoms with E-state index in [2.05, 4.69) is 34.2 Å². The molecule has 0 radical (unpaired) electrons. The molecule has 0 unspecified atom stereocenters. The van der Waals surface area contributed by atoms with Crippen LogP contribution >= 0.6 is 0 Å². The number of rotatable bonds is 5. The van der Waals surface area contributed by atoms with Crippen molar-refractivity contribution in [3.63, 3.8) is 0 Å². The van der Waals surface area contributed by atoms with Gasteiger partial charge in [0.05, 0.1) is 0 Å². The Kier molecular flexibility index (Phi) is 4.41. The number of nitrogen functional groups attached to an aromatic ring is 1. The molecule has 0 aliphatic carbocycles. The average Bonchev–Trinajstić information content (AvgIpc) is 2.47. The molecule has 0 amide bonds. The topological polar surface area (TPSA) is 76.7 Å². The molecule has 5 heteroatoms. The van der Waals surface area contributed by atoms with Crippen molar-refractivity contribution in [1.29, 1.82) is 0 Å². The molecule has 100 valence electrons. The number of anilines is 1. The predicted octanol–water partition coefficient (Wildman–Crippen LogP) is 2.34. The number of nitrogens with zero attached hydrogens (tertiary/aromatic N) is 3. The molecule has 0 spiro atoms. The van der Waals surface area contributed by atoms with E-state index >= 15 is 0 Å². The number of aromatic nitrogens is 3. The van der Waals surface area contributed by atoms with Gasteiger partial charge in [0.2, 0.25) is 0 Å². The summed E-state index contributed by atoms with van der Waals surface area (Å²) in [6, 6.07) is 5.86. The summed E-state index contributed by atoms with van der Waals surface area (Å²) in [5.41, 5.74) is 5.55. The molecule has 0 saturated heterocycles.